The maximum Gasteiger partial charge on any atom is 0.325 e. The highest BCUT2D eigenvalue weighted by molar-refractivity contribution is 6.30. The summed E-state index contributed by atoms with van der Waals surface area (Å²) >= 11 is 5.77. The number of hydrogen-bond acceptors (Lipinski definition) is 4. The number of nitrogens with one attached hydrogen (secondary N) is 1. The number of benzene rings is 2. The quantitative estimate of drug-likeness (QED) is 0.826. The van der Waals surface area contributed by atoms with Crippen LogP contribution in [0.25, 0.3) is 0 Å². The second-order valence-electron chi connectivity index (χ2n) is 4.70. The van der Waals surface area contributed by atoms with Gasteiger partial charge in [0.1, 0.15) is 18.9 Å². The minimum absolute atomic E-state index is 0.130. The predicted octanol–water partition coefficient (Wildman–Crippen LogP) is 2.82. The molecule has 0 fully saturated rings. The summed E-state index contributed by atoms with van der Waals surface area (Å²) in [7, 11) is 1.52. The first-order chi connectivity index (χ1) is 11.1. The van der Waals surface area contributed by atoms with Crippen molar-refractivity contribution in [3.05, 3.63) is 64.7 Å². The Hall–Kier alpha value is -2.53. The van der Waals surface area contributed by atoms with Gasteiger partial charge in [0.2, 0.25) is 0 Å². The summed E-state index contributed by atoms with van der Waals surface area (Å²) in [6, 6.07) is 13.6. The van der Waals surface area contributed by atoms with Gasteiger partial charge < -0.3 is 14.8 Å². The fourth-order valence-electron chi connectivity index (χ4n) is 1.81. The fourth-order valence-corrected chi connectivity index (χ4v) is 1.94. The lowest BCUT2D eigenvalue weighted by molar-refractivity contribution is -0.143. The van der Waals surface area contributed by atoms with E-state index in [9.17, 15) is 9.59 Å². The summed E-state index contributed by atoms with van der Waals surface area (Å²) in [5.41, 5.74) is 1.23. The second-order valence-corrected chi connectivity index (χ2v) is 5.14. The third-order valence-electron chi connectivity index (χ3n) is 3.04. The molecule has 2 aromatic rings. The molecule has 2 aromatic carbocycles. The number of rotatable bonds is 6. The van der Waals surface area contributed by atoms with E-state index in [2.05, 4.69) is 5.32 Å². The normalized spacial score (nSPS) is 10.0. The number of carbonyl (C=O) groups is 2. The molecule has 0 aliphatic carbocycles. The van der Waals surface area contributed by atoms with Gasteiger partial charge in [-0.2, -0.15) is 0 Å². The number of amides is 1. The van der Waals surface area contributed by atoms with Crippen molar-refractivity contribution < 1.29 is 19.1 Å². The lowest BCUT2D eigenvalue weighted by Crippen LogP contribution is -2.30. The van der Waals surface area contributed by atoms with E-state index in [1.54, 1.807) is 48.5 Å². The van der Waals surface area contributed by atoms with Crippen LogP contribution >= 0.6 is 11.6 Å². The summed E-state index contributed by atoms with van der Waals surface area (Å²) in [6.45, 7) is -0.0747. The first kappa shape index (κ1) is 16.8. The van der Waals surface area contributed by atoms with Crippen molar-refractivity contribution in [1.82, 2.24) is 5.32 Å². The number of esters is 1. The van der Waals surface area contributed by atoms with E-state index in [1.807, 2.05) is 0 Å². The molecule has 6 heteroatoms. The molecule has 0 heterocycles. The van der Waals surface area contributed by atoms with Crippen LogP contribution < -0.4 is 10.1 Å². The zero-order valence-electron chi connectivity index (χ0n) is 12.5. The molecule has 0 saturated carbocycles. The van der Waals surface area contributed by atoms with Gasteiger partial charge in [-0.15, -0.1) is 0 Å². The van der Waals surface area contributed by atoms with E-state index in [0.29, 0.717) is 16.3 Å². The topological polar surface area (TPSA) is 64.6 Å². The Labute approximate surface area is 139 Å². The van der Waals surface area contributed by atoms with E-state index in [4.69, 9.17) is 21.1 Å². The van der Waals surface area contributed by atoms with Gasteiger partial charge in [0, 0.05) is 10.6 Å². The first-order valence-corrected chi connectivity index (χ1v) is 7.28. The third kappa shape index (κ3) is 5.30. The van der Waals surface area contributed by atoms with E-state index in [1.165, 1.54) is 7.11 Å². The number of methoxy groups -OCH3 is 1. The summed E-state index contributed by atoms with van der Waals surface area (Å²) in [5.74, 6) is -0.313. The Bertz CT molecular complexity index is 685. The highest BCUT2D eigenvalue weighted by Crippen LogP contribution is 2.12. The molecule has 23 heavy (non-hydrogen) atoms. The van der Waals surface area contributed by atoms with Crippen molar-refractivity contribution >= 4 is 23.5 Å². The van der Waals surface area contributed by atoms with Crippen molar-refractivity contribution in [2.24, 2.45) is 0 Å². The van der Waals surface area contributed by atoms with Crippen LogP contribution in [0.4, 0.5) is 0 Å². The maximum absolute atomic E-state index is 11.9. The summed E-state index contributed by atoms with van der Waals surface area (Å²) < 4.78 is 10.1. The Morgan fingerprint density at radius 2 is 1.87 bits per heavy atom. The fraction of sp³-hybridized carbons (Fsp3) is 0.176. The van der Waals surface area contributed by atoms with Crippen molar-refractivity contribution in [1.29, 1.82) is 0 Å². The maximum atomic E-state index is 11.9. The van der Waals surface area contributed by atoms with E-state index >= 15 is 0 Å². The van der Waals surface area contributed by atoms with E-state index in [0.717, 1.165) is 5.56 Å². The van der Waals surface area contributed by atoms with Gasteiger partial charge in [0.15, 0.2) is 0 Å². The van der Waals surface area contributed by atoms with Gasteiger partial charge in [0.05, 0.1) is 7.11 Å². The molecular weight excluding hydrogens is 318 g/mol. The van der Waals surface area contributed by atoms with Gasteiger partial charge in [-0.1, -0.05) is 29.8 Å². The zero-order chi connectivity index (χ0) is 16.7. The molecule has 0 aliphatic rings. The number of halogens is 1. The Kier molecular flexibility index (Phi) is 6.00. The lowest BCUT2D eigenvalue weighted by atomic mass is 10.2. The van der Waals surface area contributed by atoms with Crippen LogP contribution in [-0.4, -0.2) is 25.5 Å². The standard InChI is InChI=1S/C17H16ClNO4/c1-22-15-4-2-3-13(9-15)17(21)19-10-16(20)23-11-12-5-7-14(18)8-6-12/h2-9H,10-11H2,1H3,(H,19,21). The monoisotopic (exact) mass is 333 g/mol. The number of ether oxygens (including phenoxy) is 2. The van der Waals surface area contributed by atoms with E-state index < -0.39 is 5.97 Å². The Morgan fingerprint density at radius 3 is 2.57 bits per heavy atom. The minimum Gasteiger partial charge on any atom is -0.497 e. The number of hydrogen-bond donors (Lipinski definition) is 1. The Balaban J connectivity index is 1.79. The molecule has 0 atom stereocenters. The molecule has 0 unspecified atom stereocenters. The largest absolute Gasteiger partial charge is 0.497 e. The van der Waals surface area contributed by atoms with Crippen molar-refractivity contribution in [3.63, 3.8) is 0 Å². The van der Waals surface area contributed by atoms with Crippen LogP contribution in [0.15, 0.2) is 48.5 Å². The van der Waals surface area contributed by atoms with Crippen LogP contribution in [0.1, 0.15) is 15.9 Å². The second kappa shape index (κ2) is 8.19. The van der Waals surface area contributed by atoms with Crippen LogP contribution in [0.3, 0.4) is 0 Å². The van der Waals surface area contributed by atoms with Gasteiger partial charge in [-0.25, -0.2) is 0 Å². The average molecular weight is 334 g/mol. The molecule has 0 bridgehead atoms. The molecule has 0 radical (unpaired) electrons. The van der Waals surface area contributed by atoms with Crippen LogP contribution in [0, 0.1) is 0 Å². The summed E-state index contributed by atoms with van der Waals surface area (Å²) in [4.78, 5) is 23.6. The smallest absolute Gasteiger partial charge is 0.325 e. The van der Waals surface area contributed by atoms with Crippen molar-refractivity contribution in [2.45, 2.75) is 6.61 Å². The zero-order valence-corrected chi connectivity index (χ0v) is 13.3. The van der Waals surface area contributed by atoms with Crippen LogP contribution in [0.2, 0.25) is 5.02 Å². The molecule has 0 spiro atoms. The molecule has 1 N–H and O–H groups in total. The molecule has 1 amide bonds. The molecular formula is C17H16ClNO4. The molecule has 120 valence electrons. The van der Waals surface area contributed by atoms with Gasteiger partial charge >= 0.3 is 5.97 Å². The SMILES string of the molecule is COc1cccc(C(=O)NCC(=O)OCc2ccc(Cl)cc2)c1. The van der Waals surface area contributed by atoms with E-state index in [-0.39, 0.29) is 19.1 Å². The third-order valence-corrected chi connectivity index (χ3v) is 3.29. The molecule has 2 rings (SSSR count). The van der Waals surface area contributed by atoms with Crippen molar-refractivity contribution in [3.8, 4) is 5.75 Å². The van der Waals surface area contributed by atoms with Crippen molar-refractivity contribution in [2.75, 3.05) is 13.7 Å². The lowest BCUT2D eigenvalue weighted by Gasteiger charge is -2.07. The minimum atomic E-state index is -0.517. The highest BCUT2D eigenvalue weighted by atomic mass is 35.5. The molecule has 5 nitrogen and oxygen atoms in total. The van der Waals surface area contributed by atoms with Gasteiger partial charge in [0.25, 0.3) is 5.91 Å². The average Bonchev–Trinajstić information content (AvgIpc) is 2.59. The molecule has 0 saturated heterocycles. The van der Waals surface area contributed by atoms with Gasteiger partial charge in [-0.3, -0.25) is 9.59 Å². The summed E-state index contributed by atoms with van der Waals surface area (Å²) in [5, 5.41) is 3.12. The molecule has 0 aromatic heterocycles. The summed E-state index contributed by atoms with van der Waals surface area (Å²) in [6.07, 6.45) is 0. The number of carbonyl (C=O) groups excluding carboxylic acids is 2. The van der Waals surface area contributed by atoms with Gasteiger partial charge in [-0.05, 0) is 35.9 Å². The van der Waals surface area contributed by atoms with Crippen LogP contribution in [-0.2, 0) is 16.1 Å². The highest BCUT2D eigenvalue weighted by Gasteiger charge is 2.09. The molecule has 0 aliphatic heterocycles. The first-order valence-electron chi connectivity index (χ1n) is 6.91. The Morgan fingerprint density at radius 1 is 1.13 bits per heavy atom. The van der Waals surface area contributed by atoms with Crippen LogP contribution in [0.5, 0.6) is 5.75 Å². The predicted molar refractivity (Wildman–Crippen MR) is 86.6 cm³/mol.